The molecule has 1 aliphatic rings. The fraction of sp³-hybridized carbons (Fsp3) is 0.0435. The van der Waals surface area contributed by atoms with E-state index < -0.39 is 0 Å². The van der Waals surface area contributed by atoms with Crippen molar-refractivity contribution in [3.63, 3.8) is 0 Å². The van der Waals surface area contributed by atoms with E-state index in [1.165, 1.54) is 11.1 Å². The molecule has 1 N–H and O–H groups in total. The van der Waals surface area contributed by atoms with E-state index in [4.69, 9.17) is 14.7 Å². The molecule has 2 atom stereocenters. The van der Waals surface area contributed by atoms with E-state index in [0.717, 1.165) is 60.9 Å². The molecular formula is C46H31N4O-. The number of amidine groups is 1. The second-order valence-corrected chi connectivity index (χ2v) is 12.7. The molecule has 2 heterocycles. The molecule has 0 saturated heterocycles. The van der Waals surface area contributed by atoms with Crippen LogP contribution in [0.5, 0.6) is 0 Å². The lowest BCUT2D eigenvalue weighted by molar-refractivity contribution is 0.488. The van der Waals surface area contributed by atoms with Crippen LogP contribution in [0.2, 0.25) is 0 Å². The van der Waals surface area contributed by atoms with Crippen LogP contribution in [0.1, 0.15) is 34.6 Å². The van der Waals surface area contributed by atoms with Gasteiger partial charge in [-0.15, -0.1) is 0 Å². The highest BCUT2D eigenvalue weighted by Crippen LogP contribution is 2.40. The summed E-state index contributed by atoms with van der Waals surface area (Å²) >= 11 is 0. The highest BCUT2D eigenvalue weighted by molar-refractivity contribution is 6.14. The fourth-order valence-electron chi connectivity index (χ4n) is 6.97. The Hall–Kier alpha value is -6.74. The van der Waals surface area contributed by atoms with Crippen LogP contribution in [0.15, 0.2) is 179 Å². The van der Waals surface area contributed by atoms with Gasteiger partial charge in [0.1, 0.15) is 11.2 Å². The predicted octanol–water partition coefficient (Wildman–Crippen LogP) is 11.6. The van der Waals surface area contributed by atoms with Gasteiger partial charge < -0.3 is 20.0 Å². The molecule has 5 heteroatoms. The SMILES string of the molecule is N#Cc1cc(C2=NC(c3ccccc3)NC(c3ccccc3)[N-]2)cc(-c2ccc3oc4cccc(-c5ccc(-c6ccccc6)cc5)c4c3c2)c1. The minimum Gasteiger partial charge on any atom is -0.456 e. The normalized spacial score (nSPS) is 15.6. The molecule has 0 bridgehead atoms. The van der Waals surface area contributed by atoms with E-state index in [9.17, 15) is 5.26 Å². The minimum absolute atomic E-state index is 0.299. The Labute approximate surface area is 296 Å². The van der Waals surface area contributed by atoms with Crippen molar-refractivity contribution in [2.45, 2.75) is 12.3 Å². The summed E-state index contributed by atoms with van der Waals surface area (Å²) in [4.78, 5) is 5.08. The average Bonchev–Trinajstić information content (AvgIpc) is 3.60. The largest absolute Gasteiger partial charge is 0.456 e. The highest BCUT2D eigenvalue weighted by Gasteiger charge is 2.19. The number of hydrogen-bond acceptors (Lipinski definition) is 4. The van der Waals surface area contributed by atoms with Crippen LogP contribution in [-0.4, -0.2) is 5.84 Å². The number of hydrogen-bond donors (Lipinski definition) is 1. The summed E-state index contributed by atoms with van der Waals surface area (Å²) in [7, 11) is 0. The monoisotopic (exact) mass is 655 g/mol. The summed E-state index contributed by atoms with van der Waals surface area (Å²) in [5, 5.41) is 20.9. The summed E-state index contributed by atoms with van der Waals surface area (Å²) in [6.07, 6.45) is -0.598. The molecule has 2 unspecified atom stereocenters. The number of fused-ring (bicyclic) bond motifs is 3. The second kappa shape index (κ2) is 12.9. The van der Waals surface area contributed by atoms with Crippen LogP contribution in [0.3, 0.4) is 0 Å². The van der Waals surface area contributed by atoms with Crippen LogP contribution < -0.4 is 5.32 Å². The van der Waals surface area contributed by atoms with Crippen molar-refractivity contribution in [2.24, 2.45) is 4.99 Å². The first-order chi connectivity index (χ1) is 25.2. The van der Waals surface area contributed by atoms with Crippen molar-refractivity contribution in [3.8, 4) is 39.4 Å². The van der Waals surface area contributed by atoms with Crippen LogP contribution in [0.4, 0.5) is 0 Å². The summed E-state index contributed by atoms with van der Waals surface area (Å²) in [6, 6.07) is 60.2. The Morgan fingerprint density at radius 3 is 1.94 bits per heavy atom. The van der Waals surface area contributed by atoms with Gasteiger partial charge in [-0.25, -0.2) is 0 Å². The van der Waals surface area contributed by atoms with Crippen LogP contribution in [0.25, 0.3) is 60.6 Å². The number of nitrogens with zero attached hydrogens (tertiary/aromatic N) is 3. The first-order valence-electron chi connectivity index (χ1n) is 17.0. The molecule has 1 aliphatic heterocycles. The van der Waals surface area contributed by atoms with E-state index in [0.29, 0.717) is 11.4 Å². The number of aliphatic imine (C=N–C) groups is 1. The van der Waals surface area contributed by atoms with Gasteiger partial charge in [-0.2, -0.15) is 5.26 Å². The predicted molar refractivity (Wildman–Crippen MR) is 206 cm³/mol. The highest BCUT2D eigenvalue weighted by atomic mass is 16.3. The van der Waals surface area contributed by atoms with Crippen molar-refractivity contribution in [2.75, 3.05) is 0 Å². The van der Waals surface area contributed by atoms with Crippen molar-refractivity contribution >= 4 is 27.8 Å². The number of rotatable bonds is 6. The van der Waals surface area contributed by atoms with Crippen LogP contribution in [-0.2, 0) is 0 Å². The quantitative estimate of drug-likeness (QED) is 0.194. The average molecular weight is 656 g/mol. The molecule has 0 aliphatic carbocycles. The third kappa shape index (κ3) is 5.84. The third-order valence-electron chi connectivity index (χ3n) is 9.50. The summed E-state index contributed by atoms with van der Waals surface area (Å²) < 4.78 is 6.38. The zero-order valence-electron chi connectivity index (χ0n) is 27.6. The first-order valence-corrected chi connectivity index (χ1v) is 17.0. The van der Waals surface area contributed by atoms with E-state index in [1.54, 1.807) is 0 Å². The van der Waals surface area contributed by atoms with Crippen LogP contribution >= 0.6 is 0 Å². The molecule has 51 heavy (non-hydrogen) atoms. The molecule has 7 aromatic carbocycles. The Kier molecular flexibility index (Phi) is 7.70. The Bertz CT molecular complexity index is 2590. The first kappa shape index (κ1) is 30.3. The lowest BCUT2D eigenvalue weighted by Crippen LogP contribution is -2.31. The lowest BCUT2D eigenvalue weighted by atomic mass is 9.95. The van der Waals surface area contributed by atoms with Crippen molar-refractivity contribution < 1.29 is 4.42 Å². The standard InChI is InChI=1S/C46H31N4O/c47-29-30-25-37(27-38(26-30)46-49-44(34-13-6-2-7-14-34)48-45(50-46)35-15-8-3-9-16-35)36-23-24-41-40(28-36)43-39(17-10-18-42(43)51-41)33-21-19-32(20-22-33)31-11-4-1-5-12-31/h1-28,44-45,48H/q-1. The molecule has 0 saturated carbocycles. The Morgan fingerprint density at radius 2 is 1.20 bits per heavy atom. The molecule has 0 radical (unpaired) electrons. The van der Waals surface area contributed by atoms with Gasteiger partial charge in [0.15, 0.2) is 0 Å². The van der Waals surface area contributed by atoms with Gasteiger partial charge >= 0.3 is 0 Å². The molecule has 9 rings (SSSR count). The number of nitriles is 1. The smallest absolute Gasteiger partial charge is 0.136 e. The molecule has 5 nitrogen and oxygen atoms in total. The van der Waals surface area contributed by atoms with Gasteiger partial charge in [0.25, 0.3) is 0 Å². The maximum atomic E-state index is 10.2. The van der Waals surface area contributed by atoms with E-state index in [-0.39, 0.29) is 12.3 Å². The van der Waals surface area contributed by atoms with Gasteiger partial charge in [-0.3, -0.25) is 0 Å². The maximum Gasteiger partial charge on any atom is 0.136 e. The Morgan fingerprint density at radius 1 is 0.549 bits per heavy atom. The fourth-order valence-corrected chi connectivity index (χ4v) is 6.97. The molecule has 0 amide bonds. The van der Waals surface area contributed by atoms with Gasteiger partial charge in [-0.1, -0.05) is 139 Å². The minimum atomic E-state index is -0.299. The topological polar surface area (TPSA) is 75.4 Å². The van der Waals surface area contributed by atoms with Crippen LogP contribution in [0, 0.1) is 11.3 Å². The van der Waals surface area contributed by atoms with E-state index in [1.807, 2.05) is 72.8 Å². The molecule has 1 aromatic heterocycles. The summed E-state index contributed by atoms with van der Waals surface area (Å²) in [6.45, 7) is 0. The maximum absolute atomic E-state index is 10.2. The summed E-state index contributed by atoms with van der Waals surface area (Å²) in [5.41, 5.74) is 11.6. The molecule has 8 aromatic rings. The number of benzene rings is 7. The second-order valence-electron chi connectivity index (χ2n) is 12.7. The molecule has 0 fully saturated rings. The zero-order valence-corrected chi connectivity index (χ0v) is 27.6. The molecule has 0 spiro atoms. The molecule has 242 valence electrons. The van der Waals surface area contributed by atoms with E-state index >= 15 is 0 Å². The van der Waals surface area contributed by atoms with Crippen molar-refractivity contribution in [1.29, 1.82) is 5.26 Å². The van der Waals surface area contributed by atoms with Gasteiger partial charge in [0, 0.05) is 23.1 Å². The molecular weight excluding hydrogens is 625 g/mol. The van der Waals surface area contributed by atoms with Gasteiger partial charge in [-0.05, 0) is 86.5 Å². The van der Waals surface area contributed by atoms with E-state index in [2.05, 4.69) is 108 Å². The lowest BCUT2D eigenvalue weighted by Gasteiger charge is -2.40. The van der Waals surface area contributed by atoms with Gasteiger partial charge in [0.2, 0.25) is 0 Å². The summed E-state index contributed by atoms with van der Waals surface area (Å²) in [5.74, 6) is 0.603. The number of furan rings is 1. The zero-order chi connectivity index (χ0) is 34.1. The van der Waals surface area contributed by atoms with Crippen molar-refractivity contribution in [3.05, 3.63) is 197 Å². The van der Waals surface area contributed by atoms with Crippen molar-refractivity contribution in [1.82, 2.24) is 5.32 Å². The van der Waals surface area contributed by atoms with Gasteiger partial charge in [0.05, 0.1) is 11.6 Å². The number of nitrogens with one attached hydrogen (secondary N) is 1. The Balaban J connectivity index is 1.13. The third-order valence-corrected chi connectivity index (χ3v) is 9.50.